The third kappa shape index (κ3) is 2.67. The van der Waals surface area contributed by atoms with Crippen LogP contribution in [0.2, 0.25) is 0 Å². The fourth-order valence-electron chi connectivity index (χ4n) is 2.25. The minimum Gasteiger partial charge on any atom is -0.258 e. The first-order chi connectivity index (χ1) is 9.79. The topological polar surface area (TPSA) is 73.8 Å². The van der Waals surface area contributed by atoms with Crippen LogP contribution >= 0.6 is 0 Å². The van der Waals surface area contributed by atoms with Crippen LogP contribution in [0.25, 0.3) is 11.0 Å². The van der Waals surface area contributed by atoms with Crippen LogP contribution in [0.15, 0.2) is 12.1 Å². The first-order valence-electron chi connectivity index (χ1n) is 6.40. The average molecular weight is 302 g/mol. The number of rotatable bonds is 4. The van der Waals surface area contributed by atoms with E-state index in [4.69, 9.17) is 0 Å². The summed E-state index contributed by atoms with van der Waals surface area (Å²) in [6.07, 6.45) is -3.38. The summed E-state index contributed by atoms with van der Waals surface area (Å²) in [7, 11) is 0. The molecule has 9 heteroatoms. The lowest BCUT2D eigenvalue weighted by atomic mass is 10.1. The molecule has 6 nitrogen and oxygen atoms in total. The molecule has 0 radical (unpaired) electrons. The van der Waals surface area contributed by atoms with Crippen molar-refractivity contribution in [3.63, 3.8) is 0 Å². The maximum atomic E-state index is 12.8. The molecule has 1 heterocycles. The number of alkyl halides is 3. The molecule has 2 rings (SSSR count). The smallest absolute Gasteiger partial charge is 0.258 e. The van der Waals surface area contributed by atoms with E-state index in [1.165, 1.54) is 4.68 Å². The maximum absolute atomic E-state index is 12.8. The molecule has 0 bridgehead atoms. The molecule has 0 saturated carbocycles. The lowest BCUT2D eigenvalue weighted by Crippen LogP contribution is -2.11. The maximum Gasteiger partial charge on any atom is 0.416 e. The molecule has 0 unspecified atom stereocenters. The molecule has 0 amide bonds. The van der Waals surface area contributed by atoms with Crippen LogP contribution in [0.3, 0.4) is 0 Å². The fraction of sp³-hybridized carbons (Fsp3) is 0.500. The first kappa shape index (κ1) is 15.2. The highest BCUT2D eigenvalue weighted by atomic mass is 19.4. The summed E-state index contributed by atoms with van der Waals surface area (Å²) in [5.41, 5.74) is -1.82. The molecule has 21 heavy (non-hydrogen) atoms. The van der Waals surface area contributed by atoms with Gasteiger partial charge in [0, 0.05) is 6.07 Å². The van der Waals surface area contributed by atoms with E-state index in [-0.39, 0.29) is 17.1 Å². The molecule has 1 aromatic heterocycles. The Morgan fingerprint density at radius 1 is 1.33 bits per heavy atom. The lowest BCUT2D eigenvalue weighted by molar-refractivity contribution is -0.383. The zero-order chi connectivity index (χ0) is 15.8. The van der Waals surface area contributed by atoms with Crippen LogP contribution in [-0.4, -0.2) is 19.9 Å². The van der Waals surface area contributed by atoms with Crippen molar-refractivity contribution < 1.29 is 18.1 Å². The van der Waals surface area contributed by atoms with Crippen molar-refractivity contribution in [2.75, 3.05) is 0 Å². The third-order valence-corrected chi connectivity index (χ3v) is 3.36. The van der Waals surface area contributed by atoms with Gasteiger partial charge in [-0.2, -0.15) is 13.2 Å². The molecule has 114 valence electrons. The van der Waals surface area contributed by atoms with E-state index in [9.17, 15) is 23.3 Å². The zero-order valence-corrected chi connectivity index (χ0v) is 11.4. The number of nitro groups is 1. The quantitative estimate of drug-likeness (QED) is 0.637. The van der Waals surface area contributed by atoms with Gasteiger partial charge in [0.2, 0.25) is 0 Å². The highest BCUT2D eigenvalue weighted by Gasteiger charge is 2.35. The summed E-state index contributed by atoms with van der Waals surface area (Å²) >= 11 is 0. The van der Waals surface area contributed by atoms with Crippen molar-refractivity contribution in [1.29, 1.82) is 0 Å². The van der Waals surface area contributed by atoms with Gasteiger partial charge in [0.1, 0.15) is 5.52 Å². The van der Waals surface area contributed by atoms with Crippen molar-refractivity contribution in [3.05, 3.63) is 27.8 Å². The fourth-order valence-corrected chi connectivity index (χ4v) is 2.25. The number of hydrogen-bond acceptors (Lipinski definition) is 4. The van der Waals surface area contributed by atoms with Gasteiger partial charge < -0.3 is 0 Å². The van der Waals surface area contributed by atoms with Gasteiger partial charge in [-0.05, 0) is 18.9 Å². The number of fused-ring (bicyclic) bond motifs is 1. The van der Waals surface area contributed by atoms with Crippen molar-refractivity contribution >= 4 is 16.7 Å². The Kier molecular flexibility index (Phi) is 3.84. The Balaban J connectivity index is 2.76. The molecular weight excluding hydrogens is 289 g/mol. The number of nitrogens with zero attached hydrogens (tertiary/aromatic N) is 4. The van der Waals surface area contributed by atoms with Crippen molar-refractivity contribution in [1.82, 2.24) is 15.0 Å². The Morgan fingerprint density at radius 2 is 1.95 bits per heavy atom. The van der Waals surface area contributed by atoms with Gasteiger partial charge in [0.15, 0.2) is 5.52 Å². The molecule has 0 aliphatic heterocycles. The summed E-state index contributed by atoms with van der Waals surface area (Å²) in [5.74, 6) is 0. The Hall–Kier alpha value is -2.19. The molecule has 0 aliphatic rings. The molecule has 0 spiro atoms. The molecule has 1 aromatic carbocycles. The third-order valence-electron chi connectivity index (χ3n) is 3.36. The van der Waals surface area contributed by atoms with Crippen molar-refractivity contribution in [2.24, 2.45) is 0 Å². The van der Waals surface area contributed by atoms with Gasteiger partial charge in [0.05, 0.1) is 16.5 Å². The van der Waals surface area contributed by atoms with E-state index in [1.807, 2.05) is 13.8 Å². The Morgan fingerprint density at radius 3 is 2.43 bits per heavy atom. The van der Waals surface area contributed by atoms with Gasteiger partial charge in [-0.1, -0.05) is 19.1 Å². The predicted molar refractivity (Wildman–Crippen MR) is 68.8 cm³/mol. The second-order valence-corrected chi connectivity index (χ2v) is 4.62. The molecule has 0 saturated heterocycles. The molecule has 0 atom stereocenters. The number of non-ortho nitro benzene ring substituents is 1. The van der Waals surface area contributed by atoms with Crippen LogP contribution in [0.4, 0.5) is 18.9 Å². The summed E-state index contributed by atoms with van der Waals surface area (Å²) in [5, 5.41) is 18.6. The number of benzene rings is 1. The van der Waals surface area contributed by atoms with Crippen LogP contribution in [-0.2, 0) is 6.18 Å². The largest absolute Gasteiger partial charge is 0.416 e. The number of hydrogen-bond donors (Lipinski definition) is 0. The highest BCUT2D eigenvalue weighted by Crippen LogP contribution is 2.36. The van der Waals surface area contributed by atoms with E-state index < -0.39 is 22.4 Å². The number of nitro benzene ring substituents is 1. The Labute approximate surface area is 117 Å². The molecule has 2 aromatic rings. The first-order valence-corrected chi connectivity index (χ1v) is 6.40. The SMILES string of the molecule is CCC(CC)n1nnc2cc(C(F)(F)F)cc([N+](=O)[O-])c21. The van der Waals surface area contributed by atoms with Crippen LogP contribution in [0.5, 0.6) is 0 Å². The van der Waals surface area contributed by atoms with Gasteiger partial charge in [-0.3, -0.25) is 10.1 Å². The monoisotopic (exact) mass is 302 g/mol. The van der Waals surface area contributed by atoms with Gasteiger partial charge in [-0.25, -0.2) is 4.68 Å². The summed E-state index contributed by atoms with van der Waals surface area (Å²) in [6.45, 7) is 3.75. The van der Waals surface area contributed by atoms with Crippen LogP contribution in [0.1, 0.15) is 38.3 Å². The van der Waals surface area contributed by atoms with Gasteiger partial charge in [-0.15, -0.1) is 5.10 Å². The van der Waals surface area contributed by atoms with Crippen molar-refractivity contribution in [3.8, 4) is 0 Å². The standard InChI is InChI=1S/C12H13F3N4O2/c1-3-8(4-2)18-11-9(16-17-18)5-7(12(13,14)15)6-10(11)19(20)21/h5-6,8H,3-4H2,1-2H3. The molecule has 0 aliphatic carbocycles. The predicted octanol–water partition coefficient (Wildman–Crippen LogP) is 3.72. The molecule has 0 N–H and O–H groups in total. The lowest BCUT2D eigenvalue weighted by Gasteiger charge is -2.13. The summed E-state index contributed by atoms with van der Waals surface area (Å²) in [4.78, 5) is 10.3. The average Bonchev–Trinajstić information content (AvgIpc) is 2.82. The number of halogens is 3. The number of aromatic nitrogens is 3. The molecular formula is C12H13F3N4O2. The Bertz CT molecular complexity index is 677. The van der Waals surface area contributed by atoms with Crippen molar-refractivity contribution in [2.45, 2.75) is 38.9 Å². The second kappa shape index (κ2) is 5.30. The highest BCUT2D eigenvalue weighted by molar-refractivity contribution is 5.85. The van der Waals surface area contributed by atoms with E-state index in [1.54, 1.807) is 0 Å². The van der Waals surface area contributed by atoms with Gasteiger partial charge in [0.25, 0.3) is 5.69 Å². The van der Waals surface area contributed by atoms with E-state index >= 15 is 0 Å². The normalized spacial score (nSPS) is 12.3. The molecule has 0 fully saturated rings. The summed E-state index contributed by atoms with van der Waals surface area (Å²) < 4.78 is 39.7. The zero-order valence-electron chi connectivity index (χ0n) is 11.4. The van der Waals surface area contributed by atoms with Crippen LogP contribution in [0, 0.1) is 10.1 Å². The van der Waals surface area contributed by atoms with Crippen LogP contribution < -0.4 is 0 Å². The van der Waals surface area contributed by atoms with Gasteiger partial charge >= 0.3 is 6.18 Å². The van der Waals surface area contributed by atoms with E-state index in [2.05, 4.69) is 10.3 Å². The second-order valence-electron chi connectivity index (χ2n) is 4.62. The minimum absolute atomic E-state index is 0.0294. The van der Waals surface area contributed by atoms with E-state index in [0.717, 1.165) is 6.07 Å². The minimum atomic E-state index is -4.67. The summed E-state index contributed by atoms with van der Waals surface area (Å²) in [6, 6.07) is 1.17. The van der Waals surface area contributed by atoms with E-state index in [0.29, 0.717) is 18.9 Å².